The Hall–Kier alpha value is -2.44. The van der Waals surface area contributed by atoms with Crippen LogP contribution < -0.4 is 9.47 Å². The van der Waals surface area contributed by atoms with Gasteiger partial charge in [0.2, 0.25) is 0 Å². The molecular formula is C23H34N2O5. The molecule has 2 saturated heterocycles. The number of nitrogens with zero attached hydrogens (tertiary/aromatic N) is 2. The molecule has 0 aromatic heterocycles. The van der Waals surface area contributed by atoms with Crippen LogP contribution in [0.15, 0.2) is 24.3 Å². The maximum Gasteiger partial charge on any atom is 0.410 e. The lowest BCUT2D eigenvalue weighted by Crippen LogP contribution is -2.56. The van der Waals surface area contributed by atoms with Crippen molar-refractivity contribution in [2.75, 3.05) is 26.8 Å². The molecule has 7 heteroatoms. The fourth-order valence-corrected chi connectivity index (χ4v) is 4.37. The van der Waals surface area contributed by atoms with Crippen LogP contribution in [0.3, 0.4) is 0 Å². The molecule has 0 N–H and O–H groups in total. The number of hydrogen-bond donors (Lipinski definition) is 0. The maximum atomic E-state index is 13.1. The number of piperidine rings is 1. The summed E-state index contributed by atoms with van der Waals surface area (Å²) in [6.45, 7) is 6.95. The van der Waals surface area contributed by atoms with Crippen LogP contribution in [0.2, 0.25) is 0 Å². The zero-order valence-electron chi connectivity index (χ0n) is 18.6. The highest BCUT2D eigenvalue weighted by molar-refractivity contribution is 5.78. The highest BCUT2D eigenvalue weighted by Crippen LogP contribution is 2.31. The summed E-state index contributed by atoms with van der Waals surface area (Å²) in [7, 11) is 1.58. The molecule has 2 atom stereocenters. The van der Waals surface area contributed by atoms with E-state index in [-0.39, 0.29) is 30.7 Å². The van der Waals surface area contributed by atoms with Crippen LogP contribution in [0, 0.1) is 0 Å². The third-order valence-corrected chi connectivity index (χ3v) is 5.66. The predicted octanol–water partition coefficient (Wildman–Crippen LogP) is 3.85. The summed E-state index contributed by atoms with van der Waals surface area (Å²) in [6, 6.07) is 7.31. The van der Waals surface area contributed by atoms with Gasteiger partial charge in [-0.1, -0.05) is 12.1 Å². The number of amides is 2. The van der Waals surface area contributed by atoms with Crippen molar-refractivity contribution in [3.63, 3.8) is 0 Å². The summed E-state index contributed by atoms with van der Waals surface area (Å²) < 4.78 is 16.7. The molecule has 166 valence electrons. The van der Waals surface area contributed by atoms with Gasteiger partial charge in [0.15, 0.2) is 18.1 Å². The standard InChI is InChI=1S/C23H34N2O5/c1-23(2,3)30-22(27)25-15-9-11-18(25)17-10-7-8-14-24(17)21(26)16-29-20-13-6-5-12-19(20)28-4/h5-6,12-13,17-18H,7-11,14-16H2,1-4H3/t17-,18+/m1/s1. The number of ether oxygens (including phenoxy) is 3. The highest BCUT2D eigenvalue weighted by atomic mass is 16.6. The molecule has 2 heterocycles. The van der Waals surface area contributed by atoms with Gasteiger partial charge in [-0.3, -0.25) is 4.79 Å². The van der Waals surface area contributed by atoms with Crippen molar-refractivity contribution < 1.29 is 23.8 Å². The highest BCUT2D eigenvalue weighted by Gasteiger charge is 2.41. The monoisotopic (exact) mass is 418 g/mol. The molecule has 3 rings (SSSR count). The summed E-state index contributed by atoms with van der Waals surface area (Å²) >= 11 is 0. The average Bonchev–Trinajstić information content (AvgIpc) is 3.21. The van der Waals surface area contributed by atoms with E-state index in [2.05, 4.69) is 0 Å². The zero-order chi connectivity index (χ0) is 21.7. The molecule has 0 saturated carbocycles. The zero-order valence-corrected chi connectivity index (χ0v) is 18.6. The molecule has 7 nitrogen and oxygen atoms in total. The van der Waals surface area contributed by atoms with Gasteiger partial charge in [0.1, 0.15) is 5.60 Å². The van der Waals surface area contributed by atoms with Crippen LogP contribution in [-0.2, 0) is 9.53 Å². The number of hydrogen-bond acceptors (Lipinski definition) is 5. The van der Waals surface area contributed by atoms with E-state index < -0.39 is 5.60 Å². The molecule has 0 spiro atoms. The van der Waals surface area contributed by atoms with Crippen LogP contribution in [0.5, 0.6) is 11.5 Å². The van der Waals surface area contributed by atoms with Gasteiger partial charge < -0.3 is 24.0 Å². The molecule has 0 unspecified atom stereocenters. The maximum absolute atomic E-state index is 13.1. The van der Waals surface area contributed by atoms with E-state index in [9.17, 15) is 9.59 Å². The van der Waals surface area contributed by atoms with Crippen molar-refractivity contribution in [2.24, 2.45) is 0 Å². The molecule has 0 bridgehead atoms. The van der Waals surface area contributed by atoms with Crippen molar-refractivity contribution in [2.45, 2.75) is 70.6 Å². The van der Waals surface area contributed by atoms with Gasteiger partial charge in [-0.05, 0) is 65.0 Å². The van der Waals surface area contributed by atoms with Crippen LogP contribution in [-0.4, -0.2) is 66.3 Å². The number of rotatable bonds is 5. The van der Waals surface area contributed by atoms with Crippen LogP contribution in [0.1, 0.15) is 52.9 Å². The Morgan fingerprint density at radius 1 is 0.967 bits per heavy atom. The predicted molar refractivity (Wildman–Crippen MR) is 114 cm³/mol. The summed E-state index contributed by atoms with van der Waals surface area (Å²) in [5.41, 5.74) is -0.533. The number of para-hydroxylation sites is 2. The summed E-state index contributed by atoms with van der Waals surface area (Å²) in [5.74, 6) is 1.10. The lowest BCUT2D eigenvalue weighted by atomic mass is 9.94. The number of likely N-dealkylation sites (tertiary alicyclic amines) is 2. The Bertz CT molecular complexity index is 745. The van der Waals surface area contributed by atoms with Gasteiger partial charge >= 0.3 is 6.09 Å². The van der Waals surface area contributed by atoms with E-state index >= 15 is 0 Å². The van der Waals surface area contributed by atoms with Crippen LogP contribution in [0.4, 0.5) is 4.79 Å². The van der Waals surface area contributed by atoms with Gasteiger partial charge in [0.25, 0.3) is 5.91 Å². The second kappa shape index (κ2) is 9.58. The minimum absolute atomic E-state index is 0.00235. The number of methoxy groups -OCH3 is 1. The van der Waals surface area contributed by atoms with Crippen LogP contribution >= 0.6 is 0 Å². The average molecular weight is 419 g/mol. The quantitative estimate of drug-likeness (QED) is 0.726. The molecule has 0 radical (unpaired) electrons. The molecule has 30 heavy (non-hydrogen) atoms. The topological polar surface area (TPSA) is 68.3 Å². The van der Waals surface area contributed by atoms with E-state index in [1.165, 1.54) is 0 Å². The second-order valence-electron chi connectivity index (χ2n) is 8.97. The molecule has 1 aromatic rings. The lowest BCUT2D eigenvalue weighted by molar-refractivity contribution is -0.138. The fourth-order valence-electron chi connectivity index (χ4n) is 4.37. The molecule has 2 amide bonds. The number of carbonyl (C=O) groups is 2. The molecule has 2 fully saturated rings. The lowest BCUT2D eigenvalue weighted by Gasteiger charge is -2.42. The Kier molecular flexibility index (Phi) is 7.10. The first-order valence-electron chi connectivity index (χ1n) is 10.8. The van der Waals surface area contributed by atoms with Gasteiger partial charge in [-0.2, -0.15) is 0 Å². The Balaban J connectivity index is 1.67. The van der Waals surface area contributed by atoms with Gasteiger partial charge in [0.05, 0.1) is 19.2 Å². The molecule has 2 aliphatic heterocycles. The molecular weight excluding hydrogens is 384 g/mol. The van der Waals surface area contributed by atoms with E-state index in [4.69, 9.17) is 14.2 Å². The first kappa shape index (κ1) is 22.2. The van der Waals surface area contributed by atoms with Crippen molar-refractivity contribution in [1.82, 2.24) is 9.80 Å². The minimum atomic E-state index is -0.533. The van der Waals surface area contributed by atoms with Crippen molar-refractivity contribution >= 4 is 12.0 Å². The van der Waals surface area contributed by atoms with E-state index in [1.54, 1.807) is 19.2 Å². The SMILES string of the molecule is COc1ccccc1OCC(=O)N1CCCC[C@@H]1[C@@H]1CCCN1C(=O)OC(C)(C)C. The van der Waals surface area contributed by atoms with Gasteiger partial charge in [-0.15, -0.1) is 0 Å². The number of carbonyl (C=O) groups excluding carboxylic acids is 2. The third-order valence-electron chi connectivity index (χ3n) is 5.66. The molecule has 0 aliphatic carbocycles. The van der Waals surface area contributed by atoms with E-state index in [0.29, 0.717) is 24.6 Å². The Morgan fingerprint density at radius 2 is 1.60 bits per heavy atom. The van der Waals surface area contributed by atoms with E-state index in [0.717, 1.165) is 32.1 Å². The fraction of sp³-hybridized carbons (Fsp3) is 0.652. The largest absolute Gasteiger partial charge is 0.493 e. The normalized spacial score (nSPS) is 22.0. The summed E-state index contributed by atoms with van der Waals surface area (Å²) in [6.07, 6.45) is 4.45. The van der Waals surface area contributed by atoms with Gasteiger partial charge in [-0.25, -0.2) is 4.79 Å². The first-order chi connectivity index (χ1) is 14.3. The smallest absolute Gasteiger partial charge is 0.410 e. The number of benzene rings is 1. The van der Waals surface area contributed by atoms with Crippen LogP contribution in [0.25, 0.3) is 0 Å². The molecule has 2 aliphatic rings. The molecule has 1 aromatic carbocycles. The second-order valence-corrected chi connectivity index (χ2v) is 8.97. The third kappa shape index (κ3) is 5.37. The minimum Gasteiger partial charge on any atom is -0.493 e. The summed E-state index contributed by atoms with van der Waals surface area (Å²) in [4.78, 5) is 29.5. The van der Waals surface area contributed by atoms with Crippen molar-refractivity contribution in [3.05, 3.63) is 24.3 Å². The Labute approximate surface area is 179 Å². The van der Waals surface area contributed by atoms with E-state index in [1.807, 2.05) is 42.7 Å². The Morgan fingerprint density at radius 3 is 2.30 bits per heavy atom. The van der Waals surface area contributed by atoms with Gasteiger partial charge in [0, 0.05) is 13.1 Å². The summed E-state index contributed by atoms with van der Waals surface area (Å²) in [5, 5.41) is 0. The van der Waals surface area contributed by atoms with Crippen molar-refractivity contribution in [1.29, 1.82) is 0 Å². The van der Waals surface area contributed by atoms with Crippen molar-refractivity contribution in [3.8, 4) is 11.5 Å². The first-order valence-corrected chi connectivity index (χ1v) is 10.8.